The summed E-state index contributed by atoms with van der Waals surface area (Å²) in [5.74, 6) is 0.321. The summed E-state index contributed by atoms with van der Waals surface area (Å²) < 4.78 is 6.05. The summed E-state index contributed by atoms with van der Waals surface area (Å²) in [5.41, 5.74) is 4.55. The fourth-order valence-electron chi connectivity index (χ4n) is 3.01. The Morgan fingerprint density at radius 2 is 1.25 bits per heavy atom. The Hall–Kier alpha value is -1.17. The van der Waals surface area contributed by atoms with Gasteiger partial charge in [0.2, 0.25) is 0 Å². The molecular weight excluding hydrogens is 263 g/mol. The van der Waals surface area contributed by atoms with Crippen molar-refractivity contribution in [2.45, 2.75) is 33.3 Å². The van der Waals surface area contributed by atoms with E-state index in [4.69, 9.17) is 4.52 Å². The monoisotopic (exact) mass is 286 g/mol. The normalized spacial score (nSPS) is 11.9. The van der Waals surface area contributed by atoms with Gasteiger partial charge in [-0.2, -0.15) is 0 Å². The maximum atomic E-state index is 6.05. The van der Waals surface area contributed by atoms with Crippen molar-refractivity contribution in [3.8, 4) is 0 Å². The van der Waals surface area contributed by atoms with Gasteiger partial charge in [0.25, 0.3) is 0 Å². The van der Waals surface area contributed by atoms with Crippen molar-refractivity contribution in [2.75, 3.05) is 0 Å². The fourth-order valence-corrected chi connectivity index (χ4v) is 3.54. The highest BCUT2D eigenvalue weighted by molar-refractivity contribution is 7.09. The molecule has 2 aromatic rings. The second kappa shape index (κ2) is 6.08. The second-order valence-corrected chi connectivity index (χ2v) is 5.87. The highest BCUT2D eigenvalue weighted by Crippen LogP contribution is 2.44. The first-order valence-electron chi connectivity index (χ1n) is 7.04. The van der Waals surface area contributed by atoms with Crippen LogP contribution >= 0.6 is 9.47 Å². The van der Waals surface area contributed by atoms with Crippen molar-refractivity contribution in [3.05, 3.63) is 70.8 Å². The van der Waals surface area contributed by atoms with Crippen LogP contribution in [0.4, 0.5) is 0 Å². The summed E-state index contributed by atoms with van der Waals surface area (Å²) in [6, 6.07) is 17.0. The van der Waals surface area contributed by atoms with E-state index in [1.807, 2.05) is 0 Å². The minimum absolute atomic E-state index is 0.321. The Morgan fingerprint density at radius 3 is 1.55 bits per heavy atom. The molecule has 2 aromatic carbocycles. The molecule has 0 spiro atoms. The first-order valence-corrected chi connectivity index (χ1v) is 7.51. The van der Waals surface area contributed by atoms with Crippen molar-refractivity contribution in [1.82, 2.24) is 0 Å². The Bertz CT molecular complexity index is 544. The molecule has 0 fully saturated rings. The van der Waals surface area contributed by atoms with Gasteiger partial charge in [-0.1, -0.05) is 62.4 Å². The first kappa shape index (κ1) is 15.2. The van der Waals surface area contributed by atoms with Gasteiger partial charge in [0.05, 0.1) is 0 Å². The van der Waals surface area contributed by atoms with Gasteiger partial charge in [0.1, 0.15) is 5.60 Å². The molecule has 2 heteroatoms. The van der Waals surface area contributed by atoms with Gasteiger partial charge in [-0.3, -0.25) is 0 Å². The van der Waals surface area contributed by atoms with Crippen LogP contribution in [0.3, 0.4) is 0 Å². The Labute approximate surface area is 124 Å². The van der Waals surface area contributed by atoms with Crippen LogP contribution in [-0.2, 0) is 10.1 Å². The smallest absolute Gasteiger partial charge is 0.124 e. The molecule has 0 aliphatic heterocycles. The molecule has 0 amide bonds. The van der Waals surface area contributed by atoms with Crippen molar-refractivity contribution < 1.29 is 4.52 Å². The van der Waals surface area contributed by atoms with E-state index >= 15 is 0 Å². The molecular formula is C18H23OP. The van der Waals surface area contributed by atoms with E-state index < -0.39 is 5.60 Å². The predicted molar refractivity (Wildman–Crippen MR) is 88.8 cm³/mol. The molecule has 1 atom stereocenters. The topological polar surface area (TPSA) is 9.23 Å². The molecule has 106 valence electrons. The highest BCUT2D eigenvalue weighted by atomic mass is 31.0. The molecule has 20 heavy (non-hydrogen) atoms. The molecule has 0 aromatic heterocycles. The zero-order valence-corrected chi connectivity index (χ0v) is 13.8. The summed E-state index contributed by atoms with van der Waals surface area (Å²) in [6.07, 6.45) is 0. The quantitative estimate of drug-likeness (QED) is 0.718. The third kappa shape index (κ3) is 2.41. The summed E-state index contributed by atoms with van der Waals surface area (Å²) in [7, 11) is 2.48. The minimum atomic E-state index is -0.429. The molecule has 0 radical (unpaired) electrons. The van der Waals surface area contributed by atoms with Gasteiger partial charge in [-0.15, -0.1) is 0 Å². The number of aryl methyl sites for hydroxylation is 2. The van der Waals surface area contributed by atoms with Crippen molar-refractivity contribution in [2.24, 2.45) is 5.92 Å². The lowest BCUT2D eigenvalue weighted by Gasteiger charge is -2.39. The number of benzene rings is 2. The van der Waals surface area contributed by atoms with E-state index in [1.165, 1.54) is 22.3 Å². The standard InChI is InChI=1S/C18H23OP/c1-13(2)18(19-20,16-11-7-5-9-14(16)3)17-12-8-6-10-15(17)4/h5-13H,20H2,1-4H3. The van der Waals surface area contributed by atoms with Crippen LogP contribution < -0.4 is 0 Å². The lowest BCUT2D eigenvalue weighted by molar-refractivity contribution is 0.0821. The van der Waals surface area contributed by atoms with Crippen molar-refractivity contribution in [1.29, 1.82) is 0 Å². The van der Waals surface area contributed by atoms with Crippen LogP contribution in [0.1, 0.15) is 36.1 Å². The van der Waals surface area contributed by atoms with E-state index in [1.54, 1.807) is 0 Å². The zero-order chi connectivity index (χ0) is 14.8. The summed E-state index contributed by atoms with van der Waals surface area (Å²) in [5, 5.41) is 0. The molecule has 0 heterocycles. The van der Waals surface area contributed by atoms with Crippen molar-refractivity contribution in [3.63, 3.8) is 0 Å². The van der Waals surface area contributed by atoms with Gasteiger partial charge in [-0.25, -0.2) is 0 Å². The number of hydrogen-bond donors (Lipinski definition) is 0. The van der Waals surface area contributed by atoms with Gasteiger partial charge in [0, 0.05) is 9.47 Å². The largest absolute Gasteiger partial charge is 0.350 e. The Morgan fingerprint density at radius 1 is 0.850 bits per heavy atom. The molecule has 0 N–H and O–H groups in total. The van der Waals surface area contributed by atoms with E-state index in [0.717, 1.165) is 0 Å². The molecule has 0 aliphatic rings. The van der Waals surface area contributed by atoms with Gasteiger partial charge in [0.15, 0.2) is 0 Å². The minimum Gasteiger partial charge on any atom is -0.350 e. The van der Waals surface area contributed by atoms with E-state index in [-0.39, 0.29) is 0 Å². The summed E-state index contributed by atoms with van der Waals surface area (Å²) in [4.78, 5) is 0. The molecule has 1 nitrogen and oxygen atoms in total. The zero-order valence-electron chi connectivity index (χ0n) is 12.7. The predicted octanol–water partition coefficient (Wildman–Crippen LogP) is 5.01. The van der Waals surface area contributed by atoms with Crippen LogP contribution in [0.15, 0.2) is 48.5 Å². The number of hydrogen-bond acceptors (Lipinski definition) is 1. The molecule has 0 aliphatic carbocycles. The first-order chi connectivity index (χ1) is 9.54. The van der Waals surface area contributed by atoms with Crippen LogP contribution in [0, 0.1) is 19.8 Å². The summed E-state index contributed by atoms with van der Waals surface area (Å²) in [6.45, 7) is 8.72. The van der Waals surface area contributed by atoms with Gasteiger partial charge >= 0.3 is 0 Å². The fraction of sp³-hybridized carbons (Fsp3) is 0.333. The maximum Gasteiger partial charge on any atom is 0.124 e. The van der Waals surface area contributed by atoms with Crippen LogP contribution in [0.5, 0.6) is 0 Å². The maximum absolute atomic E-state index is 6.05. The Kier molecular flexibility index (Phi) is 4.62. The van der Waals surface area contributed by atoms with E-state index in [9.17, 15) is 0 Å². The van der Waals surface area contributed by atoms with Gasteiger partial charge in [-0.05, 0) is 42.0 Å². The second-order valence-electron chi connectivity index (χ2n) is 5.64. The Balaban J connectivity index is 2.76. The summed E-state index contributed by atoms with van der Waals surface area (Å²) >= 11 is 0. The highest BCUT2D eigenvalue weighted by Gasteiger charge is 2.39. The van der Waals surface area contributed by atoms with Gasteiger partial charge < -0.3 is 4.52 Å². The lowest BCUT2D eigenvalue weighted by atomic mass is 9.75. The number of rotatable bonds is 4. The third-order valence-electron chi connectivity index (χ3n) is 4.09. The molecule has 1 unspecified atom stereocenters. The van der Waals surface area contributed by atoms with E-state index in [2.05, 4.69) is 85.7 Å². The molecule has 2 rings (SSSR count). The third-order valence-corrected chi connectivity index (χ3v) is 4.46. The average Bonchev–Trinajstić information content (AvgIpc) is 2.43. The van der Waals surface area contributed by atoms with E-state index in [0.29, 0.717) is 5.92 Å². The van der Waals surface area contributed by atoms with Crippen LogP contribution in [0.2, 0.25) is 0 Å². The van der Waals surface area contributed by atoms with Crippen molar-refractivity contribution >= 4 is 9.47 Å². The van der Waals surface area contributed by atoms with Crippen LogP contribution in [-0.4, -0.2) is 0 Å². The molecule has 0 saturated heterocycles. The molecule has 0 saturated carbocycles. The van der Waals surface area contributed by atoms with Crippen LogP contribution in [0.25, 0.3) is 0 Å². The average molecular weight is 286 g/mol. The lowest BCUT2D eigenvalue weighted by Crippen LogP contribution is -2.35. The SMILES string of the molecule is Cc1ccccc1C(OP)(c1ccccc1C)C(C)C. The molecule has 0 bridgehead atoms.